The minimum atomic E-state index is -3.49. The highest BCUT2D eigenvalue weighted by Gasteiger charge is 2.23. The molecule has 0 N–H and O–H groups in total. The molecule has 0 saturated heterocycles. The van der Waals surface area contributed by atoms with Crippen molar-refractivity contribution in [2.24, 2.45) is 5.92 Å². The smallest absolute Gasteiger partial charge is 0.177 e. The summed E-state index contributed by atoms with van der Waals surface area (Å²) >= 11 is 0. The predicted octanol–water partition coefficient (Wildman–Crippen LogP) is 1.73. The van der Waals surface area contributed by atoms with Gasteiger partial charge in [0.15, 0.2) is 19.7 Å². The van der Waals surface area contributed by atoms with Crippen LogP contribution in [0.25, 0.3) is 0 Å². The molecule has 0 unspecified atom stereocenters. The van der Waals surface area contributed by atoms with Crippen LogP contribution in [-0.4, -0.2) is 42.9 Å². The van der Waals surface area contributed by atoms with Crippen LogP contribution in [0.15, 0.2) is 28.0 Å². The normalized spacial score (nSPS) is 16.0. The van der Waals surface area contributed by atoms with Crippen LogP contribution in [0.3, 0.4) is 0 Å². The average Bonchev–Trinajstić information content (AvgIpc) is 3.17. The van der Waals surface area contributed by atoms with E-state index in [0.717, 1.165) is 31.4 Å². The first kappa shape index (κ1) is 16.3. The molecule has 1 fully saturated rings. The lowest BCUT2D eigenvalue weighted by molar-refractivity contribution is 0.599. The van der Waals surface area contributed by atoms with Crippen LogP contribution in [0.5, 0.6) is 0 Å². The molecule has 0 atom stereocenters. The zero-order valence-electron chi connectivity index (χ0n) is 12.5. The Morgan fingerprint density at radius 1 is 1.10 bits per heavy atom. The van der Waals surface area contributed by atoms with Crippen molar-refractivity contribution in [2.75, 3.05) is 31.0 Å². The standard InChI is InChI=1S/C14H21NO4S2/c1-15(9-8-11-4-5-11)13-7-6-12(20(2,16)17)10-14(13)21(3,18)19/h6-7,10-11H,4-5,8-9H2,1-3H3. The summed E-state index contributed by atoms with van der Waals surface area (Å²) < 4.78 is 47.1. The van der Waals surface area contributed by atoms with Gasteiger partial charge in [0.1, 0.15) is 0 Å². The van der Waals surface area contributed by atoms with Gasteiger partial charge in [0.05, 0.1) is 15.5 Å². The summed E-state index contributed by atoms with van der Waals surface area (Å²) in [7, 11) is -5.08. The second-order valence-corrected chi connectivity index (χ2v) is 9.83. The van der Waals surface area contributed by atoms with Crippen LogP contribution in [0.2, 0.25) is 0 Å². The summed E-state index contributed by atoms with van der Waals surface area (Å²) in [5.74, 6) is 0.754. The molecule has 0 radical (unpaired) electrons. The van der Waals surface area contributed by atoms with Crippen molar-refractivity contribution in [3.8, 4) is 0 Å². The molecule has 1 saturated carbocycles. The van der Waals surface area contributed by atoms with E-state index in [2.05, 4.69) is 0 Å². The molecule has 0 bridgehead atoms. The van der Waals surface area contributed by atoms with Gasteiger partial charge in [-0.05, 0) is 30.5 Å². The molecule has 1 aromatic carbocycles. The second-order valence-electron chi connectivity index (χ2n) is 5.83. The van der Waals surface area contributed by atoms with E-state index in [4.69, 9.17) is 0 Å². The van der Waals surface area contributed by atoms with Crippen molar-refractivity contribution in [1.82, 2.24) is 0 Å². The minimum Gasteiger partial charge on any atom is -0.374 e. The summed E-state index contributed by atoms with van der Waals surface area (Å²) in [4.78, 5) is 1.99. The maximum absolute atomic E-state index is 12.0. The van der Waals surface area contributed by atoms with Crippen LogP contribution in [0, 0.1) is 5.92 Å². The Hall–Kier alpha value is -1.08. The van der Waals surface area contributed by atoms with Crippen molar-refractivity contribution in [2.45, 2.75) is 29.1 Å². The molecule has 0 aliphatic heterocycles. The summed E-state index contributed by atoms with van der Waals surface area (Å²) in [5, 5.41) is 0. The van der Waals surface area contributed by atoms with Crippen LogP contribution >= 0.6 is 0 Å². The lowest BCUT2D eigenvalue weighted by Crippen LogP contribution is -2.21. The minimum absolute atomic E-state index is 0.0299. The van der Waals surface area contributed by atoms with Gasteiger partial charge in [-0.25, -0.2) is 16.8 Å². The van der Waals surface area contributed by atoms with E-state index in [1.54, 1.807) is 6.07 Å². The summed E-state index contributed by atoms with van der Waals surface area (Å²) in [6, 6.07) is 4.31. The van der Waals surface area contributed by atoms with Crippen LogP contribution in [0.1, 0.15) is 19.3 Å². The summed E-state index contributed by atoms with van der Waals surface area (Å²) in [6.07, 6.45) is 5.71. The maximum Gasteiger partial charge on any atom is 0.177 e. The van der Waals surface area contributed by atoms with Crippen molar-refractivity contribution >= 4 is 25.4 Å². The Labute approximate surface area is 126 Å². The zero-order chi connectivity index (χ0) is 15.8. The topological polar surface area (TPSA) is 71.5 Å². The van der Waals surface area contributed by atoms with Gasteiger partial charge < -0.3 is 4.90 Å². The van der Waals surface area contributed by atoms with Gasteiger partial charge >= 0.3 is 0 Å². The fourth-order valence-corrected chi connectivity index (χ4v) is 3.91. The molecule has 21 heavy (non-hydrogen) atoms. The Bertz CT molecular complexity index is 734. The Morgan fingerprint density at radius 2 is 1.71 bits per heavy atom. The second kappa shape index (κ2) is 5.61. The molecule has 0 heterocycles. The first-order valence-corrected chi connectivity index (χ1v) is 10.6. The summed E-state index contributed by atoms with van der Waals surface area (Å²) in [6.45, 7) is 0.769. The number of hydrogen-bond donors (Lipinski definition) is 0. The zero-order valence-corrected chi connectivity index (χ0v) is 14.2. The number of hydrogen-bond acceptors (Lipinski definition) is 5. The Morgan fingerprint density at radius 3 is 2.19 bits per heavy atom. The average molecular weight is 331 g/mol. The van der Waals surface area contributed by atoms with E-state index in [0.29, 0.717) is 5.69 Å². The molecule has 0 amide bonds. The molecule has 0 spiro atoms. The van der Waals surface area contributed by atoms with Crippen molar-refractivity contribution in [3.05, 3.63) is 18.2 Å². The van der Waals surface area contributed by atoms with E-state index in [1.807, 2.05) is 11.9 Å². The molecule has 7 heteroatoms. The van der Waals surface area contributed by atoms with Crippen molar-refractivity contribution in [3.63, 3.8) is 0 Å². The molecule has 0 aromatic heterocycles. The van der Waals surface area contributed by atoms with Crippen LogP contribution < -0.4 is 4.90 Å². The molecule has 1 aliphatic carbocycles. The van der Waals surface area contributed by atoms with Gasteiger partial charge in [0, 0.05) is 26.1 Å². The fourth-order valence-electron chi connectivity index (χ4n) is 2.24. The van der Waals surface area contributed by atoms with E-state index in [-0.39, 0.29) is 9.79 Å². The highest BCUT2D eigenvalue weighted by molar-refractivity contribution is 7.91. The number of anilines is 1. The monoisotopic (exact) mass is 331 g/mol. The van der Waals surface area contributed by atoms with E-state index in [9.17, 15) is 16.8 Å². The lowest BCUT2D eigenvalue weighted by atomic mass is 10.2. The quantitative estimate of drug-likeness (QED) is 0.794. The highest BCUT2D eigenvalue weighted by atomic mass is 32.2. The maximum atomic E-state index is 12.0. The van der Waals surface area contributed by atoms with E-state index >= 15 is 0 Å². The number of nitrogens with zero attached hydrogens (tertiary/aromatic N) is 1. The van der Waals surface area contributed by atoms with Gasteiger partial charge in [-0.3, -0.25) is 0 Å². The first-order valence-electron chi connectivity index (χ1n) is 6.84. The van der Waals surface area contributed by atoms with E-state index in [1.165, 1.54) is 25.0 Å². The molecule has 5 nitrogen and oxygen atoms in total. The lowest BCUT2D eigenvalue weighted by Gasteiger charge is -2.22. The third kappa shape index (κ3) is 4.20. The largest absolute Gasteiger partial charge is 0.374 e. The van der Waals surface area contributed by atoms with Gasteiger partial charge in [-0.15, -0.1) is 0 Å². The van der Waals surface area contributed by atoms with Gasteiger partial charge in [0.2, 0.25) is 0 Å². The Kier molecular flexibility index (Phi) is 4.35. The van der Waals surface area contributed by atoms with Crippen LogP contribution in [0.4, 0.5) is 5.69 Å². The third-order valence-corrected chi connectivity index (χ3v) is 5.98. The molecule has 1 aliphatic rings. The van der Waals surface area contributed by atoms with Crippen molar-refractivity contribution in [1.29, 1.82) is 0 Å². The molecule has 1 aromatic rings. The van der Waals surface area contributed by atoms with Crippen molar-refractivity contribution < 1.29 is 16.8 Å². The predicted molar refractivity (Wildman–Crippen MR) is 83.3 cm³/mol. The first-order chi connectivity index (χ1) is 9.59. The van der Waals surface area contributed by atoms with Gasteiger partial charge in [-0.2, -0.15) is 0 Å². The van der Waals surface area contributed by atoms with Gasteiger partial charge in [0.25, 0.3) is 0 Å². The number of rotatable bonds is 6. The van der Waals surface area contributed by atoms with Gasteiger partial charge in [-0.1, -0.05) is 12.8 Å². The number of sulfone groups is 2. The molecular weight excluding hydrogens is 310 g/mol. The fraction of sp³-hybridized carbons (Fsp3) is 0.571. The van der Waals surface area contributed by atoms with Crippen LogP contribution in [-0.2, 0) is 19.7 Å². The summed E-state index contributed by atoms with van der Waals surface area (Å²) in [5.41, 5.74) is 0.561. The molecule has 2 rings (SSSR count). The third-order valence-electron chi connectivity index (χ3n) is 3.74. The number of benzene rings is 1. The molecule has 118 valence electrons. The molecular formula is C14H21NO4S2. The Balaban J connectivity index is 2.39. The van der Waals surface area contributed by atoms with E-state index < -0.39 is 19.7 Å². The SMILES string of the molecule is CN(CCC1CC1)c1ccc(S(C)(=O)=O)cc1S(C)(=O)=O. The highest BCUT2D eigenvalue weighted by Crippen LogP contribution is 2.34.